The SMILES string of the molecule is CC(C)(C(O)c1cnc2ccccc2c1)N1CCCC1. The molecule has 1 atom stereocenters. The van der Waals surface area contributed by atoms with E-state index >= 15 is 0 Å². The number of aliphatic hydroxyl groups excluding tert-OH is 1. The van der Waals surface area contributed by atoms with Crippen molar-refractivity contribution in [2.75, 3.05) is 13.1 Å². The van der Waals surface area contributed by atoms with Crippen LogP contribution in [0.3, 0.4) is 0 Å². The fourth-order valence-electron chi connectivity index (χ4n) is 3.11. The smallest absolute Gasteiger partial charge is 0.0983 e. The number of hydrogen-bond acceptors (Lipinski definition) is 3. The second kappa shape index (κ2) is 5.15. The van der Waals surface area contributed by atoms with E-state index in [9.17, 15) is 5.11 Å². The molecule has 1 unspecified atom stereocenters. The minimum Gasteiger partial charge on any atom is -0.386 e. The summed E-state index contributed by atoms with van der Waals surface area (Å²) in [5.41, 5.74) is 1.63. The average molecular weight is 270 g/mol. The second-order valence-corrected chi connectivity index (χ2v) is 6.21. The van der Waals surface area contributed by atoms with Gasteiger partial charge in [-0.25, -0.2) is 0 Å². The molecule has 3 rings (SSSR count). The summed E-state index contributed by atoms with van der Waals surface area (Å²) in [6.45, 7) is 6.40. The molecule has 106 valence electrons. The molecular formula is C17H22N2O. The predicted molar refractivity (Wildman–Crippen MR) is 81.6 cm³/mol. The molecule has 2 heterocycles. The summed E-state index contributed by atoms with van der Waals surface area (Å²) < 4.78 is 0. The molecule has 0 bridgehead atoms. The highest BCUT2D eigenvalue weighted by Gasteiger charge is 2.36. The predicted octanol–water partition coefficient (Wildman–Crippen LogP) is 3.14. The molecule has 1 aliphatic rings. The fraction of sp³-hybridized carbons (Fsp3) is 0.471. The Labute approximate surface area is 120 Å². The first-order chi connectivity index (χ1) is 9.59. The summed E-state index contributed by atoms with van der Waals surface area (Å²) >= 11 is 0. The van der Waals surface area contributed by atoms with E-state index < -0.39 is 6.10 Å². The van der Waals surface area contributed by atoms with Gasteiger partial charge in [0.1, 0.15) is 0 Å². The molecule has 1 fully saturated rings. The van der Waals surface area contributed by atoms with Crippen LogP contribution in [0.4, 0.5) is 0 Å². The maximum atomic E-state index is 10.8. The normalized spacial score (nSPS) is 18.6. The van der Waals surface area contributed by atoms with Gasteiger partial charge >= 0.3 is 0 Å². The Morgan fingerprint density at radius 2 is 1.90 bits per heavy atom. The summed E-state index contributed by atoms with van der Waals surface area (Å²) in [5.74, 6) is 0. The van der Waals surface area contributed by atoms with Gasteiger partial charge in [0.2, 0.25) is 0 Å². The van der Waals surface area contributed by atoms with Gasteiger partial charge in [-0.2, -0.15) is 0 Å². The third kappa shape index (κ3) is 2.32. The molecule has 0 aliphatic carbocycles. The van der Waals surface area contributed by atoms with Gasteiger partial charge in [-0.3, -0.25) is 9.88 Å². The summed E-state index contributed by atoms with van der Waals surface area (Å²) in [6.07, 6.45) is 3.75. The van der Waals surface area contributed by atoms with Crippen molar-refractivity contribution in [3.8, 4) is 0 Å². The van der Waals surface area contributed by atoms with Crippen LogP contribution in [-0.4, -0.2) is 33.6 Å². The number of para-hydroxylation sites is 1. The largest absolute Gasteiger partial charge is 0.386 e. The summed E-state index contributed by atoms with van der Waals surface area (Å²) in [6, 6.07) is 10.1. The Bertz CT molecular complexity index is 603. The molecule has 1 aromatic heterocycles. The van der Waals surface area contributed by atoms with E-state index in [1.807, 2.05) is 30.5 Å². The molecule has 1 aromatic carbocycles. The molecular weight excluding hydrogens is 248 g/mol. The summed E-state index contributed by atoms with van der Waals surface area (Å²) in [7, 11) is 0. The number of fused-ring (bicyclic) bond motifs is 1. The number of pyridine rings is 1. The Morgan fingerprint density at radius 3 is 2.65 bits per heavy atom. The minimum absolute atomic E-state index is 0.249. The molecule has 1 aliphatic heterocycles. The van der Waals surface area contributed by atoms with Crippen molar-refractivity contribution in [3.63, 3.8) is 0 Å². The van der Waals surface area contributed by atoms with E-state index in [4.69, 9.17) is 0 Å². The highest BCUT2D eigenvalue weighted by Crippen LogP contribution is 2.33. The zero-order valence-corrected chi connectivity index (χ0v) is 12.2. The zero-order valence-electron chi connectivity index (χ0n) is 12.2. The van der Waals surface area contributed by atoms with Crippen LogP contribution in [0.2, 0.25) is 0 Å². The number of aliphatic hydroxyl groups is 1. The number of likely N-dealkylation sites (tertiary alicyclic amines) is 1. The van der Waals surface area contributed by atoms with Gasteiger partial charge in [0.25, 0.3) is 0 Å². The van der Waals surface area contributed by atoms with Gasteiger partial charge in [0.15, 0.2) is 0 Å². The van der Waals surface area contributed by atoms with Crippen LogP contribution in [0.1, 0.15) is 38.4 Å². The standard InChI is InChI=1S/C17H22N2O/c1-17(2,19-9-5-6-10-19)16(20)14-11-13-7-3-4-8-15(13)18-12-14/h3-4,7-8,11-12,16,20H,5-6,9-10H2,1-2H3. The van der Waals surface area contributed by atoms with Gasteiger partial charge in [-0.1, -0.05) is 18.2 Å². The molecule has 0 radical (unpaired) electrons. The highest BCUT2D eigenvalue weighted by atomic mass is 16.3. The van der Waals surface area contributed by atoms with Gasteiger partial charge < -0.3 is 5.11 Å². The molecule has 20 heavy (non-hydrogen) atoms. The molecule has 3 nitrogen and oxygen atoms in total. The van der Waals surface area contributed by atoms with Crippen molar-refractivity contribution in [1.82, 2.24) is 9.88 Å². The summed E-state index contributed by atoms with van der Waals surface area (Å²) in [4.78, 5) is 6.85. The third-order valence-electron chi connectivity index (χ3n) is 4.52. The lowest BCUT2D eigenvalue weighted by atomic mass is 9.90. The van der Waals surface area contributed by atoms with E-state index in [2.05, 4.69) is 29.8 Å². The lowest BCUT2D eigenvalue weighted by molar-refractivity contribution is 0.00123. The number of rotatable bonds is 3. The van der Waals surface area contributed by atoms with Crippen LogP contribution in [0.25, 0.3) is 10.9 Å². The first-order valence-electron chi connectivity index (χ1n) is 7.37. The fourth-order valence-corrected chi connectivity index (χ4v) is 3.11. The van der Waals surface area contributed by atoms with Gasteiger partial charge in [-0.15, -0.1) is 0 Å². The van der Waals surface area contributed by atoms with Crippen LogP contribution < -0.4 is 0 Å². The quantitative estimate of drug-likeness (QED) is 0.931. The van der Waals surface area contributed by atoms with Gasteiger partial charge in [-0.05, 0) is 51.9 Å². The Kier molecular flexibility index (Phi) is 3.48. The van der Waals surface area contributed by atoms with Crippen LogP contribution >= 0.6 is 0 Å². The molecule has 3 heteroatoms. The van der Waals surface area contributed by atoms with Crippen molar-refractivity contribution in [2.45, 2.75) is 38.3 Å². The molecule has 0 spiro atoms. The molecule has 0 saturated carbocycles. The Morgan fingerprint density at radius 1 is 1.20 bits per heavy atom. The first kappa shape index (κ1) is 13.5. The van der Waals surface area contributed by atoms with Crippen LogP contribution in [0, 0.1) is 0 Å². The van der Waals surface area contributed by atoms with E-state index in [1.165, 1.54) is 12.8 Å². The maximum Gasteiger partial charge on any atom is 0.0983 e. The second-order valence-electron chi connectivity index (χ2n) is 6.21. The van der Waals surface area contributed by atoms with Crippen LogP contribution in [0.15, 0.2) is 36.5 Å². The van der Waals surface area contributed by atoms with Crippen molar-refractivity contribution in [1.29, 1.82) is 0 Å². The van der Waals surface area contributed by atoms with Gasteiger partial charge in [0, 0.05) is 22.7 Å². The topological polar surface area (TPSA) is 36.4 Å². The highest BCUT2D eigenvalue weighted by molar-refractivity contribution is 5.78. The third-order valence-corrected chi connectivity index (χ3v) is 4.52. The van der Waals surface area contributed by atoms with Crippen LogP contribution in [0.5, 0.6) is 0 Å². The monoisotopic (exact) mass is 270 g/mol. The van der Waals surface area contributed by atoms with E-state index in [0.29, 0.717) is 0 Å². The van der Waals surface area contributed by atoms with Crippen LogP contribution in [-0.2, 0) is 0 Å². The van der Waals surface area contributed by atoms with Crippen molar-refractivity contribution in [2.24, 2.45) is 0 Å². The van der Waals surface area contributed by atoms with Crippen molar-refractivity contribution in [3.05, 3.63) is 42.1 Å². The van der Waals surface area contributed by atoms with Crippen molar-refractivity contribution >= 4 is 10.9 Å². The average Bonchev–Trinajstić information content (AvgIpc) is 3.01. The molecule has 1 N–H and O–H groups in total. The number of hydrogen-bond donors (Lipinski definition) is 1. The molecule has 2 aromatic rings. The minimum atomic E-state index is -0.516. The number of benzene rings is 1. The van der Waals surface area contributed by atoms with E-state index in [1.54, 1.807) is 0 Å². The molecule has 1 saturated heterocycles. The number of aromatic nitrogens is 1. The Balaban J connectivity index is 1.92. The lowest BCUT2D eigenvalue weighted by Crippen LogP contribution is -2.46. The first-order valence-corrected chi connectivity index (χ1v) is 7.37. The summed E-state index contributed by atoms with van der Waals surface area (Å²) in [5, 5.41) is 11.9. The van der Waals surface area contributed by atoms with Crippen molar-refractivity contribution < 1.29 is 5.11 Å². The van der Waals surface area contributed by atoms with Gasteiger partial charge in [0.05, 0.1) is 11.6 Å². The Hall–Kier alpha value is -1.45. The number of nitrogens with zero attached hydrogens (tertiary/aromatic N) is 2. The molecule has 0 amide bonds. The lowest BCUT2D eigenvalue weighted by Gasteiger charge is -2.39. The zero-order chi connectivity index (χ0) is 14.2. The van der Waals surface area contributed by atoms with E-state index in [-0.39, 0.29) is 5.54 Å². The van der Waals surface area contributed by atoms with E-state index in [0.717, 1.165) is 29.6 Å². The maximum absolute atomic E-state index is 10.8.